The number of anilines is 1. The van der Waals surface area contributed by atoms with Crippen molar-refractivity contribution < 1.29 is 14.2 Å². The molecule has 8 rings (SSSR count). The Morgan fingerprint density at radius 1 is 1.16 bits per heavy atom. The van der Waals surface area contributed by atoms with Crippen LogP contribution < -0.4 is 15.0 Å². The van der Waals surface area contributed by atoms with Crippen LogP contribution in [0.3, 0.4) is 0 Å². The van der Waals surface area contributed by atoms with Gasteiger partial charge < -0.3 is 20.1 Å². The van der Waals surface area contributed by atoms with Crippen LogP contribution in [-0.2, 0) is 6.42 Å². The molecular weight excluding hydrogens is 539 g/mol. The predicted molar refractivity (Wildman–Crippen MR) is 169 cm³/mol. The van der Waals surface area contributed by atoms with Gasteiger partial charge in [0.1, 0.15) is 24.3 Å². The van der Waals surface area contributed by atoms with E-state index in [0.29, 0.717) is 44.0 Å². The van der Waals surface area contributed by atoms with E-state index in [1.807, 2.05) is 18.2 Å². The van der Waals surface area contributed by atoms with Crippen LogP contribution >= 0.6 is 0 Å². The van der Waals surface area contributed by atoms with E-state index in [1.54, 1.807) is 12.1 Å². The number of hydrogen-bond donors (Lipinski definition) is 2. The molecule has 2 N–H and O–H groups in total. The van der Waals surface area contributed by atoms with Crippen LogP contribution in [0.1, 0.15) is 54.4 Å². The zero-order valence-corrected chi connectivity index (χ0v) is 24.4. The first-order valence-electron chi connectivity index (χ1n) is 15.6. The summed E-state index contributed by atoms with van der Waals surface area (Å²) in [5.41, 5.74) is 4.91. The summed E-state index contributed by atoms with van der Waals surface area (Å²) in [7, 11) is 0. The highest BCUT2D eigenvalue weighted by Gasteiger charge is 2.49. The fraction of sp³-hybridized carbons (Fsp3) is 0.417. The highest BCUT2D eigenvalue weighted by Crippen LogP contribution is 2.41. The van der Waals surface area contributed by atoms with Crippen molar-refractivity contribution in [2.75, 3.05) is 37.7 Å². The monoisotopic (exact) mass is 576 g/mol. The lowest BCUT2D eigenvalue weighted by molar-refractivity contribution is 0.110. The molecule has 4 atom stereocenters. The van der Waals surface area contributed by atoms with Gasteiger partial charge in [0.05, 0.1) is 5.54 Å². The number of piperazine rings is 1. The summed E-state index contributed by atoms with van der Waals surface area (Å²) in [4.78, 5) is 9.84. The Balaban J connectivity index is 1.16. The molecule has 1 aliphatic carbocycles. The van der Waals surface area contributed by atoms with Crippen LogP contribution in [-0.4, -0.2) is 71.6 Å². The van der Waals surface area contributed by atoms with Crippen molar-refractivity contribution in [2.45, 2.75) is 62.3 Å². The highest BCUT2D eigenvalue weighted by atomic mass is 19.1. The number of fused-ring (bicyclic) bond motifs is 5. The van der Waals surface area contributed by atoms with Crippen LogP contribution in [0.2, 0.25) is 0 Å². The minimum Gasteiger partial charge on any atom is -0.508 e. The predicted octanol–water partition coefficient (Wildman–Crippen LogP) is 5.47. The number of nitrogens with zero attached hydrogens (tertiary/aromatic N) is 3. The van der Waals surface area contributed by atoms with Crippen LogP contribution in [0.25, 0.3) is 22.9 Å². The summed E-state index contributed by atoms with van der Waals surface area (Å²) >= 11 is 0. The number of phenols is 1. The molecule has 0 amide bonds. The smallest absolute Gasteiger partial charge is 0.215 e. The Labute approximate surface area is 252 Å². The number of pyridine rings is 1. The van der Waals surface area contributed by atoms with Crippen molar-refractivity contribution in [1.29, 1.82) is 0 Å². The molecule has 0 saturated carbocycles. The zero-order chi connectivity index (χ0) is 29.1. The van der Waals surface area contributed by atoms with Crippen LogP contribution in [0.5, 0.6) is 11.6 Å². The SMILES string of the molecule is C#Cc1cccc2cc(O)cc(/C=C3\C=Cc4c(cc(OC[C@@]56CCCN5CC(F)C6)nc4N4CC5CCC(C4)N5)C3)c12. The van der Waals surface area contributed by atoms with Gasteiger partial charge in [-0.05, 0) is 78.9 Å². The molecular formula is C36H37FN4O2. The third-order valence-electron chi connectivity index (χ3n) is 10.2. The Kier molecular flexibility index (Phi) is 6.47. The van der Waals surface area contributed by atoms with Gasteiger partial charge in [0.15, 0.2) is 0 Å². The summed E-state index contributed by atoms with van der Waals surface area (Å²) in [5.74, 6) is 4.63. The maximum atomic E-state index is 14.5. The molecule has 220 valence electrons. The van der Waals surface area contributed by atoms with Gasteiger partial charge in [0.2, 0.25) is 5.88 Å². The molecule has 2 aromatic carbocycles. The van der Waals surface area contributed by atoms with E-state index in [4.69, 9.17) is 16.1 Å². The highest BCUT2D eigenvalue weighted by molar-refractivity contribution is 5.97. The van der Waals surface area contributed by atoms with Gasteiger partial charge >= 0.3 is 0 Å². The number of aromatic hydroxyl groups is 1. The molecule has 4 fully saturated rings. The first-order valence-corrected chi connectivity index (χ1v) is 15.6. The number of phenolic OH excluding ortho intramolecular Hbond substituents is 1. The van der Waals surface area contributed by atoms with Gasteiger partial charge in [0, 0.05) is 60.7 Å². The van der Waals surface area contributed by atoms with Gasteiger partial charge in [-0.15, -0.1) is 6.42 Å². The van der Waals surface area contributed by atoms with Gasteiger partial charge in [-0.25, -0.2) is 4.39 Å². The summed E-state index contributed by atoms with van der Waals surface area (Å²) in [6.45, 7) is 3.79. The van der Waals surface area contributed by atoms with E-state index in [9.17, 15) is 9.50 Å². The molecule has 6 nitrogen and oxygen atoms in total. The number of terminal acetylenes is 1. The Hall–Kier alpha value is -3.86. The van der Waals surface area contributed by atoms with Crippen molar-refractivity contribution in [3.05, 3.63) is 70.3 Å². The molecule has 1 aromatic heterocycles. The minimum atomic E-state index is -0.784. The van der Waals surface area contributed by atoms with E-state index in [2.05, 4.69) is 45.3 Å². The molecule has 43 heavy (non-hydrogen) atoms. The lowest BCUT2D eigenvalue weighted by Gasteiger charge is -2.36. The van der Waals surface area contributed by atoms with Gasteiger partial charge in [-0.2, -0.15) is 4.98 Å². The maximum Gasteiger partial charge on any atom is 0.215 e. The van der Waals surface area contributed by atoms with E-state index < -0.39 is 6.17 Å². The van der Waals surface area contributed by atoms with Gasteiger partial charge in [-0.3, -0.25) is 4.90 Å². The van der Waals surface area contributed by atoms with Crippen molar-refractivity contribution in [3.63, 3.8) is 0 Å². The number of rotatable bonds is 5. The van der Waals surface area contributed by atoms with Gasteiger partial charge in [0.25, 0.3) is 0 Å². The third-order valence-corrected chi connectivity index (χ3v) is 10.2. The Morgan fingerprint density at radius 2 is 2.02 bits per heavy atom. The Morgan fingerprint density at radius 3 is 2.86 bits per heavy atom. The molecule has 5 heterocycles. The molecule has 4 saturated heterocycles. The molecule has 3 unspecified atom stereocenters. The van der Waals surface area contributed by atoms with Crippen LogP contribution in [0, 0.1) is 12.3 Å². The average molecular weight is 577 g/mol. The number of nitrogens with one attached hydrogen (secondary N) is 1. The summed E-state index contributed by atoms with van der Waals surface area (Å²) in [6, 6.07) is 12.4. The second kappa shape index (κ2) is 10.4. The first-order chi connectivity index (χ1) is 21.0. The minimum absolute atomic E-state index is 0.215. The van der Waals surface area contributed by atoms with E-state index >= 15 is 0 Å². The Bertz CT molecular complexity index is 1700. The molecule has 5 aliphatic rings. The summed E-state index contributed by atoms with van der Waals surface area (Å²) in [5, 5.41) is 16.1. The summed E-state index contributed by atoms with van der Waals surface area (Å²) < 4.78 is 21.0. The van der Waals surface area contributed by atoms with Crippen molar-refractivity contribution in [2.24, 2.45) is 0 Å². The van der Waals surface area contributed by atoms with E-state index in [0.717, 1.165) is 76.9 Å². The third kappa shape index (κ3) is 4.77. The molecule has 2 bridgehead atoms. The van der Waals surface area contributed by atoms with E-state index in [1.165, 1.54) is 12.8 Å². The number of alkyl halides is 1. The maximum absolute atomic E-state index is 14.5. The topological polar surface area (TPSA) is 60.9 Å². The number of ether oxygens (including phenoxy) is 1. The lowest BCUT2D eigenvalue weighted by Crippen LogP contribution is -2.51. The van der Waals surface area contributed by atoms with Crippen molar-refractivity contribution in [3.8, 4) is 24.0 Å². The lowest BCUT2D eigenvalue weighted by atomic mass is 9.91. The number of benzene rings is 2. The van der Waals surface area contributed by atoms with E-state index in [-0.39, 0.29) is 11.3 Å². The second-order valence-electron chi connectivity index (χ2n) is 13.1. The fourth-order valence-corrected chi connectivity index (χ4v) is 8.28. The zero-order valence-electron chi connectivity index (χ0n) is 24.4. The molecule has 7 heteroatoms. The molecule has 4 aliphatic heterocycles. The number of halogens is 1. The van der Waals surface area contributed by atoms with Gasteiger partial charge in [-0.1, -0.05) is 36.3 Å². The normalized spacial score (nSPS) is 28.8. The van der Waals surface area contributed by atoms with Crippen LogP contribution in [0.15, 0.2) is 48.0 Å². The fourth-order valence-electron chi connectivity index (χ4n) is 8.28. The second-order valence-corrected chi connectivity index (χ2v) is 13.1. The number of allylic oxidation sites excluding steroid dienone is 2. The standard InChI is InChI=1S/C36H37FN4O2/c1-2-24-5-3-6-25-15-31(42)16-27(34(24)25)14-23-7-10-32-26(13-23)17-33(39-35(32)40-20-29-8-9-30(21-40)38-29)43-22-36-11-4-12-41(36)19-28(37)18-36/h1,3,5-7,10,14-17,28-30,38,42H,4,8-9,11-13,18-22H2/b23-14+/t28?,29?,30?,36-/m0/s1. The first kappa shape index (κ1) is 26.7. The number of aromatic nitrogens is 1. The average Bonchev–Trinajstić information content (AvgIpc) is 3.65. The molecule has 0 spiro atoms. The largest absolute Gasteiger partial charge is 0.508 e. The van der Waals surface area contributed by atoms with Crippen LogP contribution in [0.4, 0.5) is 10.2 Å². The van der Waals surface area contributed by atoms with Crippen molar-refractivity contribution in [1.82, 2.24) is 15.2 Å². The molecule has 0 radical (unpaired) electrons. The number of hydrogen-bond acceptors (Lipinski definition) is 6. The van der Waals surface area contributed by atoms with Crippen molar-refractivity contribution >= 4 is 28.7 Å². The quantitative estimate of drug-likeness (QED) is 0.393. The summed E-state index contributed by atoms with van der Waals surface area (Å²) in [6.07, 6.45) is 17.2. The molecule has 3 aromatic rings.